The Balaban J connectivity index is 1.71. The molecular formula is C14H19N5O3S. The maximum absolute atomic E-state index is 12.6. The average Bonchev–Trinajstić information content (AvgIpc) is 2.97. The number of ether oxygens (including phenoxy) is 1. The van der Waals surface area contributed by atoms with Crippen LogP contribution in [-0.4, -0.2) is 51.7 Å². The minimum atomic E-state index is -3.59. The highest BCUT2D eigenvalue weighted by molar-refractivity contribution is 7.89. The normalized spacial score (nSPS) is 19.7. The Kier molecular flexibility index (Phi) is 4.31. The van der Waals surface area contributed by atoms with Crippen LogP contribution in [0, 0.1) is 6.92 Å². The largest absolute Gasteiger partial charge is 0.472 e. The Morgan fingerprint density at radius 2 is 2.13 bits per heavy atom. The summed E-state index contributed by atoms with van der Waals surface area (Å²) in [5.41, 5.74) is 0.806. The molecule has 8 nitrogen and oxygen atoms in total. The van der Waals surface area contributed by atoms with E-state index in [4.69, 9.17) is 4.74 Å². The molecule has 0 bridgehead atoms. The number of rotatable bonds is 4. The number of hydrogen-bond acceptors (Lipinski definition) is 6. The molecular weight excluding hydrogens is 318 g/mol. The molecule has 0 N–H and O–H groups in total. The number of nitrogens with zero attached hydrogens (tertiary/aromatic N) is 5. The van der Waals surface area contributed by atoms with Crippen molar-refractivity contribution in [1.29, 1.82) is 0 Å². The van der Waals surface area contributed by atoms with Gasteiger partial charge in [0.2, 0.25) is 5.88 Å². The third-order valence-corrected chi connectivity index (χ3v) is 5.44. The van der Waals surface area contributed by atoms with Crippen molar-refractivity contribution >= 4 is 10.0 Å². The number of hydrogen-bond donors (Lipinski definition) is 0. The van der Waals surface area contributed by atoms with Crippen molar-refractivity contribution < 1.29 is 13.2 Å². The zero-order valence-corrected chi connectivity index (χ0v) is 13.9. The van der Waals surface area contributed by atoms with E-state index in [0.717, 1.165) is 18.5 Å². The van der Waals surface area contributed by atoms with Crippen LogP contribution in [0.15, 0.2) is 29.7 Å². The number of sulfonamides is 1. The van der Waals surface area contributed by atoms with E-state index in [9.17, 15) is 8.42 Å². The predicted octanol–water partition coefficient (Wildman–Crippen LogP) is 0.751. The maximum atomic E-state index is 12.6. The molecule has 2 aromatic rings. The summed E-state index contributed by atoms with van der Waals surface area (Å²) < 4.78 is 34.0. The van der Waals surface area contributed by atoms with Gasteiger partial charge in [-0.15, -0.1) is 5.10 Å². The lowest BCUT2D eigenvalue weighted by atomic mass is 10.1. The van der Waals surface area contributed by atoms with Gasteiger partial charge in [-0.2, -0.15) is 9.40 Å². The van der Waals surface area contributed by atoms with E-state index in [-0.39, 0.29) is 17.7 Å². The van der Waals surface area contributed by atoms with Crippen LogP contribution < -0.4 is 4.74 Å². The van der Waals surface area contributed by atoms with Gasteiger partial charge in [0.05, 0.1) is 18.6 Å². The minimum absolute atomic E-state index is 0.0655. The molecule has 0 amide bonds. The van der Waals surface area contributed by atoms with Gasteiger partial charge in [0.1, 0.15) is 6.10 Å². The molecule has 3 rings (SSSR count). The van der Waals surface area contributed by atoms with E-state index < -0.39 is 10.0 Å². The molecule has 0 spiro atoms. The molecule has 0 saturated carbocycles. The van der Waals surface area contributed by atoms with E-state index in [1.54, 1.807) is 17.7 Å². The van der Waals surface area contributed by atoms with Gasteiger partial charge >= 0.3 is 0 Å². The number of aromatic nitrogens is 4. The number of aryl methyl sites for hydroxylation is 2. The Morgan fingerprint density at radius 3 is 2.78 bits per heavy atom. The number of imidazole rings is 1. The maximum Gasteiger partial charge on any atom is 0.262 e. The summed E-state index contributed by atoms with van der Waals surface area (Å²) in [5, 5.41) is 7.97. The second-order valence-electron chi connectivity index (χ2n) is 5.64. The van der Waals surface area contributed by atoms with Crippen LogP contribution in [0.4, 0.5) is 0 Å². The third kappa shape index (κ3) is 3.50. The molecule has 1 fully saturated rings. The van der Waals surface area contributed by atoms with Crippen LogP contribution in [0.2, 0.25) is 0 Å². The Labute approximate surface area is 135 Å². The average molecular weight is 337 g/mol. The molecule has 1 aliphatic heterocycles. The molecule has 0 unspecified atom stereocenters. The van der Waals surface area contributed by atoms with Crippen LogP contribution in [-0.2, 0) is 17.1 Å². The zero-order valence-electron chi connectivity index (χ0n) is 13.1. The fourth-order valence-corrected chi connectivity index (χ4v) is 3.97. The minimum Gasteiger partial charge on any atom is -0.472 e. The summed E-state index contributed by atoms with van der Waals surface area (Å²) in [6, 6.07) is 3.56. The Hall–Kier alpha value is -2.00. The molecule has 1 saturated heterocycles. The second-order valence-corrected chi connectivity index (χ2v) is 7.52. The number of piperidine rings is 1. The summed E-state index contributed by atoms with van der Waals surface area (Å²) >= 11 is 0. The first-order chi connectivity index (χ1) is 10.9. The molecule has 2 aromatic heterocycles. The SMILES string of the molecule is Cc1ccc(O[C@H]2CCCN(S(=O)(=O)c3cn(C)cn3)C2)nn1. The van der Waals surface area contributed by atoms with Crippen molar-refractivity contribution in [2.45, 2.75) is 30.9 Å². The molecule has 0 aliphatic carbocycles. The first kappa shape index (κ1) is 15.9. The zero-order chi connectivity index (χ0) is 16.4. The monoisotopic (exact) mass is 337 g/mol. The molecule has 9 heteroatoms. The van der Waals surface area contributed by atoms with Crippen LogP contribution in [0.3, 0.4) is 0 Å². The standard InChI is InChI=1S/C14H19N5O3S/c1-11-5-6-13(17-16-11)22-12-4-3-7-19(8-12)23(20,21)14-9-18(2)10-15-14/h5-6,9-10,12H,3-4,7-8H2,1-2H3/t12-/m0/s1. The van der Waals surface area contributed by atoms with Crippen LogP contribution in [0.5, 0.6) is 5.88 Å². The summed E-state index contributed by atoms with van der Waals surface area (Å²) in [4.78, 5) is 3.95. The van der Waals surface area contributed by atoms with Crippen LogP contribution in [0.25, 0.3) is 0 Å². The van der Waals surface area contributed by atoms with Crippen LogP contribution >= 0.6 is 0 Å². The van der Waals surface area contributed by atoms with E-state index in [1.807, 2.05) is 13.0 Å². The summed E-state index contributed by atoms with van der Waals surface area (Å²) in [6.45, 7) is 2.60. The molecule has 1 atom stereocenters. The molecule has 23 heavy (non-hydrogen) atoms. The fourth-order valence-electron chi connectivity index (χ4n) is 2.49. The Morgan fingerprint density at radius 1 is 1.30 bits per heavy atom. The van der Waals surface area contributed by atoms with Gasteiger partial charge in [-0.3, -0.25) is 0 Å². The van der Waals surface area contributed by atoms with Gasteiger partial charge < -0.3 is 9.30 Å². The van der Waals surface area contributed by atoms with E-state index >= 15 is 0 Å². The van der Waals surface area contributed by atoms with E-state index in [0.29, 0.717) is 12.4 Å². The molecule has 0 aromatic carbocycles. The molecule has 0 radical (unpaired) electrons. The fraction of sp³-hybridized carbons (Fsp3) is 0.500. The summed E-state index contributed by atoms with van der Waals surface area (Å²) in [5.74, 6) is 0.415. The van der Waals surface area contributed by atoms with E-state index in [1.165, 1.54) is 16.8 Å². The topological polar surface area (TPSA) is 90.2 Å². The van der Waals surface area contributed by atoms with Crippen molar-refractivity contribution in [3.8, 4) is 5.88 Å². The lowest BCUT2D eigenvalue weighted by molar-refractivity contribution is 0.123. The lowest BCUT2D eigenvalue weighted by Gasteiger charge is -2.31. The third-order valence-electron chi connectivity index (χ3n) is 3.69. The summed E-state index contributed by atoms with van der Waals surface area (Å²) in [6.07, 6.45) is 4.26. The van der Waals surface area contributed by atoms with Crippen molar-refractivity contribution in [1.82, 2.24) is 24.1 Å². The first-order valence-electron chi connectivity index (χ1n) is 7.40. The quantitative estimate of drug-likeness (QED) is 0.818. The summed E-state index contributed by atoms with van der Waals surface area (Å²) in [7, 11) is -1.85. The van der Waals surface area contributed by atoms with Crippen molar-refractivity contribution in [3.63, 3.8) is 0 Å². The smallest absolute Gasteiger partial charge is 0.262 e. The highest BCUT2D eigenvalue weighted by atomic mass is 32.2. The van der Waals surface area contributed by atoms with E-state index in [2.05, 4.69) is 15.2 Å². The highest BCUT2D eigenvalue weighted by Gasteiger charge is 2.32. The van der Waals surface area contributed by atoms with Gasteiger partial charge in [0, 0.05) is 25.9 Å². The first-order valence-corrected chi connectivity index (χ1v) is 8.84. The highest BCUT2D eigenvalue weighted by Crippen LogP contribution is 2.22. The molecule has 3 heterocycles. The molecule has 1 aliphatic rings. The van der Waals surface area contributed by atoms with Crippen molar-refractivity contribution in [3.05, 3.63) is 30.4 Å². The van der Waals surface area contributed by atoms with Crippen LogP contribution in [0.1, 0.15) is 18.5 Å². The van der Waals surface area contributed by atoms with Gasteiger partial charge in [0.15, 0.2) is 5.03 Å². The van der Waals surface area contributed by atoms with Gasteiger partial charge in [0.25, 0.3) is 10.0 Å². The predicted molar refractivity (Wildman–Crippen MR) is 82.4 cm³/mol. The van der Waals surface area contributed by atoms with Gasteiger partial charge in [-0.05, 0) is 25.8 Å². The van der Waals surface area contributed by atoms with Gasteiger partial charge in [-0.1, -0.05) is 0 Å². The van der Waals surface area contributed by atoms with Crippen molar-refractivity contribution in [2.24, 2.45) is 7.05 Å². The lowest BCUT2D eigenvalue weighted by Crippen LogP contribution is -2.44. The molecule has 124 valence electrons. The second kappa shape index (κ2) is 6.25. The van der Waals surface area contributed by atoms with Crippen molar-refractivity contribution in [2.75, 3.05) is 13.1 Å². The Bertz CT molecular complexity index is 772. The van der Waals surface area contributed by atoms with Gasteiger partial charge in [-0.25, -0.2) is 13.4 Å².